The number of piperidine rings is 1. The van der Waals surface area contributed by atoms with Crippen molar-refractivity contribution in [1.82, 2.24) is 14.9 Å². The maximum Gasteiger partial charge on any atom is 0.217 e. The zero-order chi connectivity index (χ0) is 18.9. The molecule has 28 heavy (non-hydrogen) atoms. The topological polar surface area (TPSA) is 38.2 Å². The van der Waals surface area contributed by atoms with Crippen LogP contribution < -0.4 is 4.74 Å². The van der Waals surface area contributed by atoms with Crippen LogP contribution in [0.5, 0.6) is 5.88 Å². The zero-order valence-electron chi connectivity index (χ0n) is 16.7. The van der Waals surface area contributed by atoms with Crippen LogP contribution in [0.1, 0.15) is 50.8 Å². The Morgan fingerprint density at radius 2 is 1.68 bits per heavy atom. The van der Waals surface area contributed by atoms with Gasteiger partial charge in [0.15, 0.2) is 0 Å². The molecule has 2 aromatic rings. The molecule has 6 heteroatoms. The van der Waals surface area contributed by atoms with Gasteiger partial charge < -0.3 is 9.64 Å². The number of rotatable bonds is 9. The summed E-state index contributed by atoms with van der Waals surface area (Å²) in [6.07, 6.45) is 8.89. The van der Waals surface area contributed by atoms with Gasteiger partial charge in [-0.2, -0.15) is 4.98 Å². The summed E-state index contributed by atoms with van der Waals surface area (Å²) in [5.74, 6) is 1.00. The van der Waals surface area contributed by atoms with Crippen molar-refractivity contribution in [2.75, 3.05) is 26.2 Å². The van der Waals surface area contributed by atoms with E-state index in [1.54, 1.807) is 12.1 Å². The summed E-state index contributed by atoms with van der Waals surface area (Å²) in [4.78, 5) is 11.4. The van der Waals surface area contributed by atoms with E-state index in [1.807, 2.05) is 13.0 Å². The first-order valence-corrected chi connectivity index (χ1v) is 10.2. The quantitative estimate of drug-likeness (QED) is 0.519. The van der Waals surface area contributed by atoms with Crippen LogP contribution in [-0.2, 0) is 0 Å². The van der Waals surface area contributed by atoms with E-state index in [4.69, 9.17) is 4.74 Å². The highest BCUT2D eigenvalue weighted by Crippen LogP contribution is 2.21. The average Bonchev–Trinajstić information content (AvgIpc) is 2.68. The van der Waals surface area contributed by atoms with Gasteiger partial charge in [-0.1, -0.05) is 19.3 Å². The molecule has 0 aliphatic carbocycles. The van der Waals surface area contributed by atoms with Crippen molar-refractivity contribution in [2.45, 2.75) is 51.9 Å². The van der Waals surface area contributed by atoms with E-state index in [1.165, 1.54) is 70.3 Å². The van der Waals surface area contributed by atoms with E-state index < -0.39 is 0 Å². The minimum atomic E-state index is -0.249. The van der Waals surface area contributed by atoms with E-state index in [0.29, 0.717) is 18.3 Å². The van der Waals surface area contributed by atoms with E-state index in [9.17, 15) is 4.39 Å². The zero-order valence-corrected chi connectivity index (χ0v) is 17.5. The standard InChI is InChI=1S/C22H30FN3O.ClH/c1-18-24-21(19-9-11-20(23)12-10-19)17-22(25-18)27-16-8-3-2-5-13-26-14-6-4-7-15-26;/h9-12,17H,2-8,13-16H2,1H3;1H. The third-order valence-electron chi connectivity index (χ3n) is 5.02. The normalized spacial score (nSPS) is 14.5. The maximum absolute atomic E-state index is 13.1. The molecule has 4 nitrogen and oxygen atoms in total. The van der Waals surface area contributed by atoms with Crippen molar-refractivity contribution >= 4 is 12.4 Å². The van der Waals surface area contributed by atoms with Gasteiger partial charge in [-0.3, -0.25) is 0 Å². The average molecular weight is 408 g/mol. The lowest BCUT2D eigenvalue weighted by atomic mass is 10.1. The lowest BCUT2D eigenvalue weighted by Crippen LogP contribution is -2.30. The highest BCUT2D eigenvalue weighted by Gasteiger charge is 2.09. The minimum Gasteiger partial charge on any atom is -0.478 e. The molecule has 1 aromatic carbocycles. The molecule has 154 valence electrons. The lowest BCUT2D eigenvalue weighted by Gasteiger charge is -2.26. The monoisotopic (exact) mass is 407 g/mol. The second kappa shape index (κ2) is 12.0. The number of likely N-dealkylation sites (tertiary alicyclic amines) is 1. The minimum absolute atomic E-state index is 0. The number of ether oxygens (including phenoxy) is 1. The Kier molecular flexibility index (Phi) is 9.65. The first-order valence-electron chi connectivity index (χ1n) is 10.2. The molecule has 0 amide bonds. The summed E-state index contributed by atoms with van der Waals surface area (Å²) in [6, 6.07) is 8.16. The molecule has 3 rings (SSSR count). The summed E-state index contributed by atoms with van der Waals surface area (Å²) < 4.78 is 18.9. The lowest BCUT2D eigenvalue weighted by molar-refractivity contribution is 0.222. The van der Waals surface area contributed by atoms with Crippen LogP contribution in [0.4, 0.5) is 4.39 Å². The van der Waals surface area contributed by atoms with Gasteiger partial charge in [-0.25, -0.2) is 9.37 Å². The van der Waals surface area contributed by atoms with Gasteiger partial charge in [0.2, 0.25) is 5.88 Å². The van der Waals surface area contributed by atoms with Gasteiger partial charge in [0.25, 0.3) is 0 Å². The van der Waals surface area contributed by atoms with Crippen LogP contribution in [0, 0.1) is 12.7 Å². The number of aryl methyl sites for hydroxylation is 1. The van der Waals surface area contributed by atoms with Gasteiger partial charge in [0.05, 0.1) is 12.3 Å². The second-order valence-corrected chi connectivity index (χ2v) is 7.31. The van der Waals surface area contributed by atoms with Gasteiger partial charge in [-0.05, 0) is 76.5 Å². The Hall–Kier alpha value is -1.72. The molecule has 1 aliphatic rings. The number of halogens is 2. The number of hydrogen-bond donors (Lipinski definition) is 0. The highest BCUT2D eigenvalue weighted by molar-refractivity contribution is 5.85. The third kappa shape index (κ3) is 7.36. The Bertz CT molecular complexity index is 705. The van der Waals surface area contributed by atoms with Crippen LogP contribution in [0.3, 0.4) is 0 Å². The number of nitrogens with zero attached hydrogens (tertiary/aromatic N) is 3. The molecule has 1 aromatic heterocycles. The van der Waals surface area contributed by atoms with Crippen molar-refractivity contribution < 1.29 is 9.13 Å². The Labute approximate surface area is 173 Å². The van der Waals surface area contributed by atoms with Gasteiger partial charge in [0.1, 0.15) is 11.6 Å². The molecule has 0 atom stereocenters. The summed E-state index contributed by atoms with van der Waals surface area (Å²) in [5, 5.41) is 0. The fourth-order valence-corrected chi connectivity index (χ4v) is 3.53. The van der Waals surface area contributed by atoms with Crippen LogP contribution in [0.15, 0.2) is 30.3 Å². The molecule has 0 spiro atoms. The molecule has 0 N–H and O–H groups in total. The molecule has 1 aliphatic heterocycles. The molecule has 1 saturated heterocycles. The largest absolute Gasteiger partial charge is 0.478 e. The van der Waals surface area contributed by atoms with Crippen LogP contribution in [-0.4, -0.2) is 41.1 Å². The summed E-state index contributed by atoms with van der Waals surface area (Å²) in [5.41, 5.74) is 1.63. The Morgan fingerprint density at radius 3 is 2.43 bits per heavy atom. The van der Waals surface area contributed by atoms with Crippen LogP contribution in [0.25, 0.3) is 11.3 Å². The number of benzene rings is 1. The second-order valence-electron chi connectivity index (χ2n) is 7.31. The number of hydrogen-bond acceptors (Lipinski definition) is 4. The Morgan fingerprint density at radius 1 is 0.964 bits per heavy atom. The first kappa shape index (κ1) is 22.6. The third-order valence-corrected chi connectivity index (χ3v) is 5.02. The van der Waals surface area contributed by atoms with E-state index in [2.05, 4.69) is 14.9 Å². The van der Waals surface area contributed by atoms with E-state index in [-0.39, 0.29) is 18.2 Å². The number of unbranched alkanes of at least 4 members (excludes halogenated alkanes) is 3. The molecule has 1 fully saturated rings. The van der Waals surface area contributed by atoms with Crippen LogP contribution in [0.2, 0.25) is 0 Å². The van der Waals surface area contributed by atoms with Gasteiger partial charge in [-0.15, -0.1) is 12.4 Å². The van der Waals surface area contributed by atoms with Crippen molar-refractivity contribution in [3.05, 3.63) is 42.0 Å². The van der Waals surface area contributed by atoms with Crippen molar-refractivity contribution in [2.24, 2.45) is 0 Å². The summed E-state index contributed by atoms with van der Waals surface area (Å²) >= 11 is 0. The summed E-state index contributed by atoms with van der Waals surface area (Å²) in [7, 11) is 0. The van der Waals surface area contributed by atoms with Crippen molar-refractivity contribution in [3.63, 3.8) is 0 Å². The SMILES string of the molecule is Cc1nc(OCCCCCCN2CCCCC2)cc(-c2ccc(F)cc2)n1.Cl. The molecule has 0 bridgehead atoms. The van der Waals surface area contributed by atoms with Crippen molar-refractivity contribution in [1.29, 1.82) is 0 Å². The molecular formula is C22H31ClFN3O. The Balaban J connectivity index is 0.00000280. The van der Waals surface area contributed by atoms with E-state index in [0.717, 1.165) is 17.7 Å². The molecule has 0 saturated carbocycles. The van der Waals surface area contributed by atoms with Gasteiger partial charge >= 0.3 is 0 Å². The molecular weight excluding hydrogens is 377 g/mol. The predicted octanol–water partition coefficient (Wildman–Crippen LogP) is 5.44. The van der Waals surface area contributed by atoms with Crippen molar-refractivity contribution in [3.8, 4) is 17.1 Å². The maximum atomic E-state index is 13.1. The fraction of sp³-hybridized carbons (Fsp3) is 0.545. The van der Waals surface area contributed by atoms with Gasteiger partial charge in [0, 0.05) is 11.6 Å². The molecule has 0 radical (unpaired) electrons. The fourth-order valence-electron chi connectivity index (χ4n) is 3.53. The molecule has 0 unspecified atom stereocenters. The molecule has 2 heterocycles. The first-order chi connectivity index (χ1) is 13.2. The highest BCUT2D eigenvalue weighted by atomic mass is 35.5. The van der Waals surface area contributed by atoms with E-state index >= 15 is 0 Å². The summed E-state index contributed by atoms with van der Waals surface area (Å²) in [6.45, 7) is 6.33. The van der Waals surface area contributed by atoms with Crippen LogP contribution >= 0.6 is 12.4 Å². The smallest absolute Gasteiger partial charge is 0.217 e. The number of aromatic nitrogens is 2. The predicted molar refractivity (Wildman–Crippen MR) is 114 cm³/mol.